The van der Waals surface area contributed by atoms with Crippen molar-refractivity contribution in [2.45, 2.75) is 32.6 Å². The molecule has 0 aromatic heterocycles. The number of esters is 1. The minimum Gasteiger partial charge on any atom is -0.466 e. The summed E-state index contributed by atoms with van der Waals surface area (Å²) in [4.78, 5) is 22.5. The van der Waals surface area contributed by atoms with Crippen LogP contribution in [0.5, 0.6) is 0 Å². The first-order valence-electron chi connectivity index (χ1n) is 6.14. The average molecular weight is 270 g/mol. The van der Waals surface area contributed by atoms with Crippen molar-refractivity contribution < 1.29 is 23.1 Å². The summed E-state index contributed by atoms with van der Waals surface area (Å²) >= 11 is 0. The Morgan fingerprint density at radius 2 is 1.89 bits per heavy atom. The first-order chi connectivity index (χ1) is 9.02. The van der Waals surface area contributed by atoms with Crippen LogP contribution < -0.4 is 0 Å². The Hall–Kier alpha value is -1.78. The Bertz CT molecular complexity index is 458. The van der Waals surface area contributed by atoms with Crippen molar-refractivity contribution in [2.24, 2.45) is 0 Å². The zero-order valence-corrected chi connectivity index (χ0v) is 10.7. The van der Waals surface area contributed by atoms with Crippen LogP contribution in [0.3, 0.4) is 0 Å². The molecule has 0 saturated carbocycles. The molecule has 0 aliphatic carbocycles. The molecular weight excluding hydrogens is 254 g/mol. The molecule has 0 fully saturated rings. The normalized spacial score (nSPS) is 10.3. The molecule has 0 unspecified atom stereocenters. The van der Waals surface area contributed by atoms with E-state index in [1.807, 2.05) is 0 Å². The maximum Gasteiger partial charge on any atom is 0.306 e. The first kappa shape index (κ1) is 15.3. The molecule has 1 rings (SSSR count). The van der Waals surface area contributed by atoms with Crippen molar-refractivity contribution in [1.82, 2.24) is 0 Å². The van der Waals surface area contributed by atoms with E-state index in [2.05, 4.69) is 0 Å². The van der Waals surface area contributed by atoms with Crippen LogP contribution in [0.1, 0.15) is 31.7 Å². The van der Waals surface area contributed by atoms with Crippen molar-refractivity contribution in [3.63, 3.8) is 0 Å². The predicted octanol–water partition coefficient (Wildman–Crippen LogP) is 2.81. The number of ether oxygens (including phenoxy) is 1. The van der Waals surface area contributed by atoms with Gasteiger partial charge in [0.1, 0.15) is 17.4 Å². The van der Waals surface area contributed by atoms with Crippen molar-refractivity contribution in [2.75, 3.05) is 6.61 Å². The summed E-state index contributed by atoms with van der Waals surface area (Å²) in [5.41, 5.74) is 0.297. The molecule has 0 atom stereocenters. The van der Waals surface area contributed by atoms with Crippen molar-refractivity contribution >= 4 is 11.8 Å². The van der Waals surface area contributed by atoms with Crippen molar-refractivity contribution in [3.05, 3.63) is 35.4 Å². The number of hydrogen-bond acceptors (Lipinski definition) is 3. The predicted molar refractivity (Wildman–Crippen MR) is 65.6 cm³/mol. The van der Waals surface area contributed by atoms with Gasteiger partial charge in [0.15, 0.2) is 0 Å². The molecule has 19 heavy (non-hydrogen) atoms. The highest BCUT2D eigenvalue weighted by Crippen LogP contribution is 2.12. The van der Waals surface area contributed by atoms with E-state index in [0.29, 0.717) is 5.56 Å². The number of halogens is 2. The number of ketones is 1. The molecule has 1 aromatic rings. The van der Waals surface area contributed by atoms with Crippen LogP contribution in [-0.2, 0) is 20.7 Å². The minimum absolute atomic E-state index is 0.0403. The second kappa shape index (κ2) is 7.61. The lowest BCUT2D eigenvalue weighted by molar-refractivity contribution is -0.144. The summed E-state index contributed by atoms with van der Waals surface area (Å²) in [6.07, 6.45) is 0.454. The molecule has 0 spiro atoms. The van der Waals surface area contributed by atoms with Gasteiger partial charge in [0.2, 0.25) is 0 Å². The highest BCUT2D eigenvalue weighted by Gasteiger charge is 2.10. The fourth-order valence-electron chi connectivity index (χ4n) is 1.60. The fourth-order valence-corrected chi connectivity index (χ4v) is 1.60. The van der Waals surface area contributed by atoms with Crippen LogP contribution in [0.4, 0.5) is 8.78 Å². The van der Waals surface area contributed by atoms with Gasteiger partial charge in [-0.15, -0.1) is 0 Å². The van der Waals surface area contributed by atoms with Gasteiger partial charge in [-0.25, -0.2) is 8.78 Å². The van der Waals surface area contributed by atoms with Crippen LogP contribution in [0.15, 0.2) is 18.2 Å². The highest BCUT2D eigenvalue weighted by molar-refractivity contribution is 5.83. The molecule has 1 aromatic carbocycles. The van der Waals surface area contributed by atoms with Crippen molar-refractivity contribution in [3.8, 4) is 0 Å². The number of benzene rings is 1. The maximum absolute atomic E-state index is 13.3. The Kier molecular flexibility index (Phi) is 6.12. The molecule has 5 heteroatoms. The van der Waals surface area contributed by atoms with Gasteiger partial charge in [0, 0.05) is 18.9 Å². The molecule has 0 bridgehead atoms. The fraction of sp³-hybridized carbons (Fsp3) is 0.429. The van der Waals surface area contributed by atoms with Gasteiger partial charge in [-0.05, 0) is 25.0 Å². The van der Waals surface area contributed by atoms with E-state index < -0.39 is 17.6 Å². The van der Waals surface area contributed by atoms with Gasteiger partial charge in [-0.2, -0.15) is 0 Å². The Morgan fingerprint density at radius 3 is 2.53 bits per heavy atom. The van der Waals surface area contributed by atoms with Crippen LogP contribution in [0.2, 0.25) is 0 Å². The van der Waals surface area contributed by atoms with E-state index in [9.17, 15) is 18.4 Å². The molecule has 0 radical (unpaired) electrons. The molecule has 104 valence electrons. The van der Waals surface area contributed by atoms with Crippen LogP contribution in [0.25, 0.3) is 0 Å². The van der Waals surface area contributed by atoms with E-state index in [4.69, 9.17) is 4.74 Å². The smallest absolute Gasteiger partial charge is 0.306 e. The minimum atomic E-state index is -0.654. The van der Waals surface area contributed by atoms with Gasteiger partial charge in [-0.3, -0.25) is 9.59 Å². The monoisotopic (exact) mass is 270 g/mol. The molecule has 0 aliphatic heterocycles. The number of aryl methyl sites for hydroxylation is 1. The summed E-state index contributed by atoms with van der Waals surface area (Å²) in [7, 11) is 0. The lowest BCUT2D eigenvalue weighted by Gasteiger charge is -2.03. The lowest BCUT2D eigenvalue weighted by Crippen LogP contribution is -2.08. The second-order valence-corrected chi connectivity index (χ2v) is 4.08. The van der Waals surface area contributed by atoms with Crippen LogP contribution in [0, 0.1) is 11.6 Å². The number of carbonyl (C=O) groups excluding carboxylic acids is 2. The van der Waals surface area contributed by atoms with Crippen LogP contribution in [-0.4, -0.2) is 18.4 Å². The molecule has 0 amide bonds. The summed E-state index contributed by atoms with van der Waals surface area (Å²) in [6.45, 7) is 1.98. The van der Waals surface area contributed by atoms with Gasteiger partial charge in [0.25, 0.3) is 0 Å². The first-order valence-corrected chi connectivity index (χ1v) is 6.14. The second-order valence-electron chi connectivity index (χ2n) is 4.08. The van der Waals surface area contributed by atoms with E-state index in [1.165, 1.54) is 6.07 Å². The Labute approximate surface area is 110 Å². The largest absolute Gasteiger partial charge is 0.466 e. The molecular formula is C14H16F2O3. The third-order valence-corrected chi connectivity index (χ3v) is 2.60. The summed E-state index contributed by atoms with van der Waals surface area (Å²) < 4.78 is 30.7. The highest BCUT2D eigenvalue weighted by atomic mass is 19.1. The lowest BCUT2D eigenvalue weighted by atomic mass is 10.0. The number of hydrogen-bond donors (Lipinski definition) is 0. The van der Waals surface area contributed by atoms with E-state index in [0.717, 1.165) is 12.1 Å². The van der Waals surface area contributed by atoms with Gasteiger partial charge < -0.3 is 4.74 Å². The van der Waals surface area contributed by atoms with Gasteiger partial charge >= 0.3 is 5.97 Å². The van der Waals surface area contributed by atoms with E-state index >= 15 is 0 Å². The van der Waals surface area contributed by atoms with Gasteiger partial charge in [0.05, 0.1) is 13.0 Å². The Balaban J connectivity index is 2.36. The number of rotatable bonds is 7. The van der Waals surface area contributed by atoms with E-state index in [-0.39, 0.29) is 38.1 Å². The quantitative estimate of drug-likeness (QED) is 0.715. The standard InChI is InChI=1S/C14H16F2O3/c1-2-19-14(18)8-7-12(17)6-4-10-3-5-11(15)9-13(10)16/h3,5,9H,2,4,6-8H2,1H3. The summed E-state index contributed by atoms with van der Waals surface area (Å²) in [5, 5.41) is 0. The van der Waals surface area contributed by atoms with E-state index in [1.54, 1.807) is 6.92 Å². The molecule has 0 aliphatic rings. The molecule has 3 nitrogen and oxygen atoms in total. The van der Waals surface area contributed by atoms with Crippen LogP contribution >= 0.6 is 0 Å². The summed E-state index contributed by atoms with van der Waals surface area (Å²) in [6, 6.07) is 3.27. The SMILES string of the molecule is CCOC(=O)CCC(=O)CCc1ccc(F)cc1F. The van der Waals surface area contributed by atoms with Gasteiger partial charge in [-0.1, -0.05) is 6.07 Å². The topological polar surface area (TPSA) is 43.4 Å². The number of Topliss-reactive ketones (excluding diaryl/α,β-unsaturated/α-hetero) is 1. The molecule has 0 N–H and O–H groups in total. The third-order valence-electron chi connectivity index (χ3n) is 2.60. The maximum atomic E-state index is 13.3. The molecule has 0 saturated heterocycles. The summed E-state index contributed by atoms with van der Waals surface area (Å²) in [5.74, 6) is -1.85. The third kappa shape index (κ3) is 5.59. The molecule has 0 heterocycles. The Morgan fingerprint density at radius 1 is 1.16 bits per heavy atom. The number of carbonyl (C=O) groups is 2. The van der Waals surface area contributed by atoms with Crippen molar-refractivity contribution in [1.29, 1.82) is 0 Å². The zero-order chi connectivity index (χ0) is 14.3. The zero-order valence-electron chi connectivity index (χ0n) is 10.7. The average Bonchev–Trinajstić information content (AvgIpc) is 2.35.